The third kappa shape index (κ3) is 2.74. The number of benzene rings is 1. The van der Waals surface area contributed by atoms with Crippen LogP contribution >= 0.6 is 11.8 Å². The Kier molecular flexibility index (Phi) is 3.84. The highest BCUT2D eigenvalue weighted by atomic mass is 32.2. The predicted octanol–water partition coefficient (Wildman–Crippen LogP) is 1.50. The summed E-state index contributed by atoms with van der Waals surface area (Å²) in [7, 11) is 0. The molecule has 1 heterocycles. The van der Waals surface area contributed by atoms with Gasteiger partial charge in [0, 0.05) is 16.7 Å². The monoisotopic (exact) mass is 300 g/mol. The molecule has 0 saturated carbocycles. The first-order chi connectivity index (χ1) is 10.2. The van der Waals surface area contributed by atoms with Crippen molar-refractivity contribution in [2.24, 2.45) is 11.7 Å². The van der Waals surface area contributed by atoms with E-state index >= 15 is 0 Å². The second-order valence-electron chi connectivity index (χ2n) is 5.14. The SMILES string of the molecule is NC(=O)C1SC2C=CC=CC2C1NC(=O)c1ccccc1. The van der Waals surface area contributed by atoms with Crippen LogP contribution in [0.25, 0.3) is 0 Å². The Bertz CT molecular complexity index is 612. The van der Waals surface area contributed by atoms with Gasteiger partial charge in [-0.2, -0.15) is 0 Å². The maximum atomic E-state index is 12.3. The van der Waals surface area contributed by atoms with E-state index in [1.165, 1.54) is 11.8 Å². The summed E-state index contributed by atoms with van der Waals surface area (Å²) < 4.78 is 0. The highest BCUT2D eigenvalue weighted by Crippen LogP contribution is 2.41. The summed E-state index contributed by atoms with van der Waals surface area (Å²) in [5.41, 5.74) is 6.09. The maximum absolute atomic E-state index is 12.3. The summed E-state index contributed by atoms with van der Waals surface area (Å²) in [6.45, 7) is 0. The van der Waals surface area contributed by atoms with Gasteiger partial charge in [-0.25, -0.2) is 0 Å². The van der Waals surface area contributed by atoms with E-state index in [-0.39, 0.29) is 29.0 Å². The number of hydrogen-bond acceptors (Lipinski definition) is 3. The van der Waals surface area contributed by atoms with E-state index < -0.39 is 5.25 Å². The number of allylic oxidation sites excluding steroid dienone is 2. The molecule has 3 rings (SSSR count). The van der Waals surface area contributed by atoms with Gasteiger partial charge in [0.25, 0.3) is 5.91 Å². The lowest BCUT2D eigenvalue weighted by molar-refractivity contribution is -0.117. The average Bonchev–Trinajstić information content (AvgIpc) is 2.87. The van der Waals surface area contributed by atoms with Gasteiger partial charge in [-0.3, -0.25) is 9.59 Å². The van der Waals surface area contributed by atoms with Crippen molar-refractivity contribution in [3.8, 4) is 0 Å². The number of carbonyl (C=O) groups excluding carboxylic acids is 2. The molecule has 1 aromatic rings. The van der Waals surface area contributed by atoms with Crippen LogP contribution in [0.5, 0.6) is 0 Å². The van der Waals surface area contributed by atoms with E-state index in [0.29, 0.717) is 5.56 Å². The lowest BCUT2D eigenvalue weighted by Gasteiger charge is -2.23. The zero-order valence-corrected chi connectivity index (χ0v) is 12.1. The summed E-state index contributed by atoms with van der Waals surface area (Å²) in [4.78, 5) is 24.0. The molecule has 1 aliphatic heterocycles. The lowest BCUT2D eigenvalue weighted by atomic mass is 9.90. The minimum Gasteiger partial charge on any atom is -0.369 e. The van der Waals surface area contributed by atoms with Gasteiger partial charge < -0.3 is 11.1 Å². The first-order valence-electron chi connectivity index (χ1n) is 6.82. The van der Waals surface area contributed by atoms with Crippen LogP contribution in [-0.2, 0) is 4.79 Å². The molecular weight excluding hydrogens is 284 g/mol. The summed E-state index contributed by atoms with van der Waals surface area (Å²) >= 11 is 1.52. The quantitative estimate of drug-likeness (QED) is 0.888. The molecule has 1 fully saturated rings. The summed E-state index contributed by atoms with van der Waals surface area (Å²) in [6, 6.07) is 8.73. The Balaban J connectivity index is 1.81. The van der Waals surface area contributed by atoms with Gasteiger partial charge in [0.2, 0.25) is 5.91 Å². The molecule has 108 valence electrons. The van der Waals surface area contributed by atoms with Gasteiger partial charge in [-0.05, 0) is 12.1 Å². The van der Waals surface area contributed by atoms with Crippen molar-refractivity contribution in [1.29, 1.82) is 0 Å². The summed E-state index contributed by atoms with van der Waals surface area (Å²) in [6.07, 6.45) is 8.01. The first-order valence-corrected chi connectivity index (χ1v) is 7.77. The van der Waals surface area contributed by atoms with Gasteiger partial charge in [-0.15, -0.1) is 11.8 Å². The minimum absolute atomic E-state index is 0.102. The summed E-state index contributed by atoms with van der Waals surface area (Å²) in [5.74, 6) is -0.448. The fraction of sp³-hybridized carbons (Fsp3) is 0.250. The molecule has 21 heavy (non-hydrogen) atoms. The molecule has 1 saturated heterocycles. The Labute approximate surface area is 127 Å². The van der Waals surface area contributed by atoms with Crippen molar-refractivity contribution < 1.29 is 9.59 Å². The van der Waals surface area contributed by atoms with Crippen molar-refractivity contribution in [1.82, 2.24) is 5.32 Å². The normalized spacial score (nSPS) is 29.9. The molecule has 2 amide bonds. The third-order valence-electron chi connectivity index (χ3n) is 3.78. The van der Waals surface area contributed by atoms with Gasteiger partial charge in [0.1, 0.15) is 5.25 Å². The van der Waals surface area contributed by atoms with Crippen LogP contribution in [0.2, 0.25) is 0 Å². The zero-order chi connectivity index (χ0) is 14.8. The van der Waals surface area contributed by atoms with Crippen LogP contribution < -0.4 is 11.1 Å². The number of primary amides is 1. The number of nitrogens with one attached hydrogen (secondary N) is 1. The zero-order valence-electron chi connectivity index (χ0n) is 11.3. The summed E-state index contributed by atoms with van der Waals surface area (Å²) in [5, 5.41) is 2.77. The second kappa shape index (κ2) is 5.77. The van der Waals surface area contributed by atoms with E-state index in [1.807, 2.05) is 36.4 Å². The van der Waals surface area contributed by atoms with Gasteiger partial charge in [0.05, 0.1) is 6.04 Å². The molecule has 3 N–H and O–H groups in total. The predicted molar refractivity (Wildman–Crippen MR) is 83.8 cm³/mol. The van der Waals surface area contributed by atoms with E-state index in [9.17, 15) is 9.59 Å². The lowest BCUT2D eigenvalue weighted by Crippen LogP contribution is -2.48. The van der Waals surface area contributed by atoms with Crippen LogP contribution in [0.4, 0.5) is 0 Å². The van der Waals surface area contributed by atoms with Crippen LogP contribution in [0.3, 0.4) is 0 Å². The first kappa shape index (κ1) is 13.9. The molecule has 0 spiro atoms. The highest BCUT2D eigenvalue weighted by Gasteiger charge is 2.45. The second-order valence-corrected chi connectivity index (χ2v) is 6.46. The largest absolute Gasteiger partial charge is 0.369 e. The van der Waals surface area contributed by atoms with E-state index in [4.69, 9.17) is 5.73 Å². The number of rotatable bonds is 3. The van der Waals surface area contributed by atoms with Crippen molar-refractivity contribution in [2.45, 2.75) is 16.5 Å². The number of fused-ring (bicyclic) bond motifs is 1. The molecule has 4 nitrogen and oxygen atoms in total. The van der Waals surface area contributed by atoms with Gasteiger partial charge in [0.15, 0.2) is 0 Å². The smallest absolute Gasteiger partial charge is 0.251 e. The molecule has 0 bridgehead atoms. The molecule has 0 radical (unpaired) electrons. The standard InChI is InChI=1S/C16H16N2O2S/c17-15(19)14-13(11-8-4-5-9-12(11)21-14)18-16(20)10-6-2-1-3-7-10/h1-9,11-14H,(H2,17,19)(H,18,20). The average molecular weight is 300 g/mol. The molecule has 2 aliphatic rings. The molecule has 4 atom stereocenters. The van der Waals surface area contributed by atoms with E-state index in [1.54, 1.807) is 12.1 Å². The number of nitrogens with two attached hydrogens (primary N) is 1. The topological polar surface area (TPSA) is 72.2 Å². The molecule has 1 aromatic carbocycles. The Hall–Kier alpha value is -2.01. The Morgan fingerprint density at radius 1 is 1.10 bits per heavy atom. The van der Waals surface area contributed by atoms with Crippen molar-refractivity contribution in [2.75, 3.05) is 0 Å². The van der Waals surface area contributed by atoms with Crippen LogP contribution in [-0.4, -0.2) is 28.4 Å². The molecule has 4 unspecified atom stereocenters. The van der Waals surface area contributed by atoms with E-state index in [2.05, 4.69) is 11.4 Å². The van der Waals surface area contributed by atoms with Gasteiger partial charge >= 0.3 is 0 Å². The van der Waals surface area contributed by atoms with E-state index in [0.717, 1.165) is 0 Å². The van der Waals surface area contributed by atoms with Crippen molar-refractivity contribution >= 4 is 23.6 Å². The number of thioether (sulfide) groups is 1. The number of carbonyl (C=O) groups is 2. The highest BCUT2D eigenvalue weighted by molar-refractivity contribution is 8.01. The fourth-order valence-corrected chi connectivity index (χ4v) is 4.27. The minimum atomic E-state index is -0.403. The van der Waals surface area contributed by atoms with Crippen LogP contribution in [0, 0.1) is 5.92 Å². The number of hydrogen-bond donors (Lipinski definition) is 2. The molecule has 5 heteroatoms. The molecular formula is C16H16N2O2S. The number of amides is 2. The van der Waals surface area contributed by atoms with Crippen molar-refractivity contribution in [3.63, 3.8) is 0 Å². The van der Waals surface area contributed by atoms with Crippen LogP contribution in [0.1, 0.15) is 10.4 Å². The van der Waals surface area contributed by atoms with Gasteiger partial charge in [-0.1, -0.05) is 42.5 Å². The Morgan fingerprint density at radius 2 is 1.81 bits per heavy atom. The third-order valence-corrected chi connectivity index (χ3v) is 5.39. The fourth-order valence-electron chi connectivity index (χ4n) is 2.76. The maximum Gasteiger partial charge on any atom is 0.251 e. The Morgan fingerprint density at radius 3 is 2.52 bits per heavy atom. The van der Waals surface area contributed by atoms with Crippen LogP contribution in [0.15, 0.2) is 54.6 Å². The molecule has 1 aliphatic carbocycles. The molecule has 0 aromatic heterocycles. The van der Waals surface area contributed by atoms with Crippen molar-refractivity contribution in [3.05, 3.63) is 60.2 Å².